The minimum Gasteiger partial charge on any atom is -0.387 e. The smallest absolute Gasteiger partial charge is 0.114 e. The molecule has 0 bridgehead atoms. The van der Waals surface area contributed by atoms with Crippen LogP contribution in [-0.2, 0) is 4.74 Å². The molecule has 1 rings (SSSR count). The van der Waals surface area contributed by atoms with Crippen LogP contribution in [0.15, 0.2) is 0 Å². The fraction of sp³-hybridized carbons (Fsp3) is 1.00. The minimum absolute atomic E-state index is 0.304. The second-order valence-electron chi connectivity index (χ2n) is 4.99. The zero-order valence-corrected chi connectivity index (χ0v) is 10.9. The number of aliphatic hydroxyl groups is 5. The van der Waals surface area contributed by atoms with E-state index in [1.54, 1.807) is 0 Å². The molecule has 0 aliphatic heterocycles. The first-order valence-electron chi connectivity index (χ1n) is 6.72. The summed E-state index contributed by atoms with van der Waals surface area (Å²) in [7, 11) is 0. The van der Waals surface area contributed by atoms with Gasteiger partial charge in [0.2, 0.25) is 0 Å². The van der Waals surface area contributed by atoms with Crippen molar-refractivity contribution in [3.05, 3.63) is 0 Å². The van der Waals surface area contributed by atoms with E-state index < -0.39 is 36.6 Å². The predicted molar refractivity (Wildman–Crippen MR) is 67.3 cm³/mol. The quantitative estimate of drug-likeness (QED) is 0.289. The van der Waals surface area contributed by atoms with E-state index in [0.717, 1.165) is 25.7 Å². The van der Waals surface area contributed by atoms with Gasteiger partial charge in [0, 0.05) is 6.61 Å². The molecule has 1 saturated carbocycles. The standard InChI is InChI=1S/C12H25NO6/c13-5-3-1-2-4-6-19-12-10(17)8(15)7(14)9(16)11(12)18/h7-12,14-18H,1-6,13H2. The van der Waals surface area contributed by atoms with Crippen molar-refractivity contribution in [2.75, 3.05) is 13.2 Å². The van der Waals surface area contributed by atoms with E-state index in [2.05, 4.69) is 0 Å². The highest BCUT2D eigenvalue weighted by molar-refractivity contribution is 4.99. The summed E-state index contributed by atoms with van der Waals surface area (Å²) in [6, 6.07) is 0. The Labute approximate surface area is 112 Å². The van der Waals surface area contributed by atoms with Crippen molar-refractivity contribution in [3.8, 4) is 0 Å². The highest BCUT2D eigenvalue weighted by Gasteiger charge is 2.48. The van der Waals surface area contributed by atoms with Gasteiger partial charge in [-0.2, -0.15) is 0 Å². The number of hydrogen-bond donors (Lipinski definition) is 6. The van der Waals surface area contributed by atoms with Gasteiger partial charge in [0.15, 0.2) is 0 Å². The molecule has 4 atom stereocenters. The second kappa shape index (κ2) is 8.11. The number of ether oxygens (including phenoxy) is 1. The summed E-state index contributed by atoms with van der Waals surface area (Å²) in [5, 5.41) is 47.8. The van der Waals surface area contributed by atoms with Gasteiger partial charge in [-0.1, -0.05) is 12.8 Å². The van der Waals surface area contributed by atoms with Crippen LogP contribution < -0.4 is 5.73 Å². The Morgan fingerprint density at radius 2 is 1.16 bits per heavy atom. The zero-order chi connectivity index (χ0) is 14.4. The highest BCUT2D eigenvalue weighted by Crippen LogP contribution is 2.24. The number of rotatable bonds is 7. The largest absolute Gasteiger partial charge is 0.387 e. The van der Waals surface area contributed by atoms with Crippen molar-refractivity contribution in [2.24, 2.45) is 5.73 Å². The molecule has 0 amide bonds. The summed E-state index contributed by atoms with van der Waals surface area (Å²) in [5.41, 5.74) is 5.36. The van der Waals surface area contributed by atoms with Crippen LogP contribution in [0.5, 0.6) is 0 Å². The molecule has 1 fully saturated rings. The molecule has 7 nitrogen and oxygen atoms in total. The normalized spacial score (nSPS) is 39.5. The average molecular weight is 279 g/mol. The van der Waals surface area contributed by atoms with Gasteiger partial charge < -0.3 is 36.0 Å². The van der Waals surface area contributed by atoms with E-state index in [9.17, 15) is 25.5 Å². The van der Waals surface area contributed by atoms with Gasteiger partial charge in [-0.25, -0.2) is 0 Å². The summed E-state index contributed by atoms with van der Waals surface area (Å²) in [6.45, 7) is 0.954. The molecule has 0 spiro atoms. The van der Waals surface area contributed by atoms with Crippen LogP contribution in [0, 0.1) is 0 Å². The Morgan fingerprint density at radius 3 is 1.68 bits per heavy atom. The molecule has 1 aliphatic carbocycles. The van der Waals surface area contributed by atoms with Crippen LogP contribution in [0.3, 0.4) is 0 Å². The predicted octanol–water partition coefficient (Wildman–Crippen LogP) is -2.29. The van der Waals surface area contributed by atoms with Gasteiger partial charge in [-0.15, -0.1) is 0 Å². The van der Waals surface area contributed by atoms with Gasteiger partial charge in [-0.3, -0.25) is 0 Å². The van der Waals surface area contributed by atoms with Gasteiger partial charge in [0.1, 0.15) is 36.6 Å². The molecule has 0 aromatic rings. The number of nitrogens with two attached hydrogens (primary N) is 1. The fourth-order valence-corrected chi connectivity index (χ4v) is 2.21. The summed E-state index contributed by atoms with van der Waals surface area (Å²) < 4.78 is 5.31. The first kappa shape index (κ1) is 16.8. The third-order valence-electron chi connectivity index (χ3n) is 3.48. The number of hydrogen-bond acceptors (Lipinski definition) is 7. The van der Waals surface area contributed by atoms with E-state index in [4.69, 9.17) is 10.5 Å². The zero-order valence-electron chi connectivity index (χ0n) is 10.9. The van der Waals surface area contributed by atoms with E-state index >= 15 is 0 Å². The number of aliphatic hydroxyl groups excluding tert-OH is 5. The topological polar surface area (TPSA) is 136 Å². The van der Waals surface area contributed by atoms with Gasteiger partial charge in [0.25, 0.3) is 0 Å². The van der Waals surface area contributed by atoms with E-state index in [0.29, 0.717) is 13.2 Å². The minimum atomic E-state index is -1.57. The molecule has 0 radical (unpaired) electrons. The number of unbranched alkanes of at least 4 members (excludes halogenated alkanes) is 3. The van der Waals surface area contributed by atoms with Crippen LogP contribution in [0.25, 0.3) is 0 Å². The average Bonchev–Trinajstić information content (AvgIpc) is 2.41. The third-order valence-corrected chi connectivity index (χ3v) is 3.48. The summed E-state index contributed by atoms with van der Waals surface area (Å²) in [4.78, 5) is 0. The Kier molecular flexibility index (Phi) is 7.16. The van der Waals surface area contributed by atoms with E-state index in [1.165, 1.54) is 0 Å². The van der Waals surface area contributed by atoms with Crippen molar-refractivity contribution in [1.29, 1.82) is 0 Å². The summed E-state index contributed by atoms with van der Waals surface area (Å²) >= 11 is 0. The van der Waals surface area contributed by atoms with Crippen LogP contribution in [0.4, 0.5) is 0 Å². The lowest BCUT2D eigenvalue weighted by atomic mass is 9.85. The summed E-state index contributed by atoms with van der Waals surface area (Å²) in [5.74, 6) is 0. The monoisotopic (exact) mass is 279 g/mol. The van der Waals surface area contributed by atoms with Crippen LogP contribution in [-0.4, -0.2) is 75.3 Å². The maximum Gasteiger partial charge on any atom is 0.114 e. The molecule has 114 valence electrons. The molecule has 19 heavy (non-hydrogen) atoms. The van der Waals surface area contributed by atoms with Gasteiger partial charge in [0.05, 0.1) is 0 Å². The maximum atomic E-state index is 9.71. The maximum absolute atomic E-state index is 9.71. The fourth-order valence-electron chi connectivity index (χ4n) is 2.21. The van der Waals surface area contributed by atoms with Crippen molar-refractivity contribution in [2.45, 2.75) is 62.3 Å². The molecule has 0 saturated heterocycles. The molecule has 7 N–H and O–H groups in total. The van der Waals surface area contributed by atoms with Gasteiger partial charge in [-0.05, 0) is 19.4 Å². The molecule has 0 heterocycles. The lowest BCUT2D eigenvalue weighted by Gasteiger charge is -2.41. The first-order chi connectivity index (χ1) is 9.00. The molecule has 0 aromatic heterocycles. The second-order valence-corrected chi connectivity index (χ2v) is 4.99. The first-order valence-corrected chi connectivity index (χ1v) is 6.72. The lowest BCUT2D eigenvalue weighted by Crippen LogP contribution is -2.64. The highest BCUT2D eigenvalue weighted by atomic mass is 16.5. The van der Waals surface area contributed by atoms with Crippen molar-refractivity contribution >= 4 is 0 Å². The van der Waals surface area contributed by atoms with E-state index in [-0.39, 0.29) is 0 Å². The van der Waals surface area contributed by atoms with Crippen LogP contribution in [0.2, 0.25) is 0 Å². The Balaban J connectivity index is 2.34. The SMILES string of the molecule is NCCCCCCOC1C(O)C(O)C(O)C(O)C1O. The Hall–Kier alpha value is -0.280. The van der Waals surface area contributed by atoms with Crippen molar-refractivity contribution in [1.82, 2.24) is 0 Å². The summed E-state index contributed by atoms with van der Waals surface area (Å²) in [6.07, 6.45) is -4.97. The van der Waals surface area contributed by atoms with Crippen molar-refractivity contribution < 1.29 is 30.3 Å². The van der Waals surface area contributed by atoms with Crippen LogP contribution >= 0.6 is 0 Å². The van der Waals surface area contributed by atoms with E-state index in [1.807, 2.05) is 0 Å². The molecular formula is C12H25NO6. The molecular weight excluding hydrogens is 254 g/mol. The molecule has 1 aliphatic rings. The molecule has 7 heteroatoms. The molecule has 0 aromatic carbocycles. The molecule has 4 unspecified atom stereocenters. The Bertz CT molecular complexity index is 238. The Morgan fingerprint density at radius 1 is 0.684 bits per heavy atom. The third kappa shape index (κ3) is 4.35. The van der Waals surface area contributed by atoms with Crippen LogP contribution in [0.1, 0.15) is 25.7 Å². The van der Waals surface area contributed by atoms with Gasteiger partial charge >= 0.3 is 0 Å². The van der Waals surface area contributed by atoms with Crippen molar-refractivity contribution in [3.63, 3.8) is 0 Å². The lowest BCUT2D eigenvalue weighted by molar-refractivity contribution is -0.235.